The van der Waals surface area contributed by atoms with Crippen LogP contribution in [0.25, 0.3) is 0 Å². The number of ether oxygens (including phenoxy) is 3. The van der Waals surface area contributed by atoms with Crippen LogP contribution in [0.5, 0.6) is 0 Å². The van der Waals surface area contributed by atoms with Crippen molar-refractivity contribution in [3.63, 3.8) is 0 Å². The number of hydrogen-bond acceptors (Lipinski definition) is 6. The zero-order chi connectivity index (χ0) is 15.4. The summed E-state index contributed by atoms with van der Waals surface area (Å²) in [7, 11) is 2.56. The number of benzene rings is 1. The molecule has 0 aromatic heterocycles. The van der Waals surface area contributed by atoms with Gasteiger partial charge in [-0.2, -0.15) is 0 Å². The van der Waals surface area contributed by atoms with Crippen molar-refractivity contribution in [2.75, 3.05) is 20.8 Å². The van der Waals surface area contributed by atoms with E-state index in [4.69, 9.17) is 4.74 Å². The molecule has 0 N–H and O–H groups in total. The third-order valence-electron chi connectivity index (χ3n) is 3.49. The molecule has 6 nitrogen and oxygen atoms in total. The predicted molar refractivity (Wildman–Crippen MR) is 71.4 cm³/mol. The van der Waals surface area contributed by atoms with E-state index in [-0.39, 0.29) is 12.5 Å². The molecule has 6 heteroatoms. The fraction of sp³-hybridized carbons (Fsp3) is 0.400. The van der Waals surface area contributed by atoms with E-state index in [1.54, 1.807) is 24.3 Å². The average Bonchev–Trinajstić information content (AvgIpc) is 2.87. The van der Waals surface area contributed by atoms with E-state index in [0.717, 1.165) is 5.56 Å². The molecule has 1 fully saturated rings. The largest absolute Gasteiger partial charge is 0.468 e. The fourth-order valence-corrected chi connectivity index (χ4v) is 2.36. The summed E-state index contributed by atoms with van der Waals surface area (Å²) in [5.41, 5.74) is 1.35. The van der Waals surface area contributed by atoms with Crippen molar-refractivity contribution in [2.45, 2.75) is 6.42 Å². The van der Waals surface area contributed by atoms with E-state index in [1.165, 1.54) is 14.2 Å². The molecule has 112 valence electrons. The first kappa shape index (κ1) is 15.0. The van der Waals surface area contributed by atoms with Gasteiger partial charge >= 0.3 is 17.9 Å². The van der Waals surface area contributed by atoms with Gasteiger partial charge in [0.25, 0.3) is 0 Å². The second-order valence-corrected chi connectivity index (χ2v) is 4.78. The first-order chi connectivity index (χ1) is 10.1. The van der Waals surface area contributed by atoms with Crippen molar-refractivity contribution < 1.29 is 28.6 Å². The topological polar surface area (TPSA) is 78.9 Å². The van der Waals surface area contributed by atoms with Crippen LogP contribution >= 0.6 is 0 Å². The Bertz CT molecular complexity index is 548. The minimum Gasteiger partial charge on any atom is -0.468 e. The minimum atomic E-state index is -0.879. The lowest BCUT2D eigenvalue weighted by molar-refractivity contribution is -0.154. The highest BCUT2D eigenvalue weighted by atomic mass is 16.6. The molecule has 1 heterocycles. The number of methoxy groups -OCH3 is 2. The second kappa shape index (κ2) is 6.39. The van der Waals surface area contributed by atoms with E-state index in [0.29, 0.717) is 12.0 Å². The lowest BCUT2D eigenvalue weighted by Gasteiger charge is -2.13. The van der Waals surface area contributed by atoms with Crippen LogP contribution < -0.4 is 0 Å². The maximum Gasteiger partial charge on any atom is 0.337 e. The van der Waals surface area contributed by atoms with Crippen LogP contribution in [0.2, 0.25) is 0 Å². The molecular formula is C15H16O6. The number of carbonyl (C=O) groups excluding carboxylic acids is 3. The third kappa shape index (κ3) is 3.21. The van der Waals surface area contributed by atoms with Crippen LogP contribution in [0.1, 0.15) is 15.9 Å². The monoisotopic (exact) mass is 292 g/mol. The van der Waals surface area contributed by atoms with E-state index in [9.17, 15) is 14.4 Å². The second-order valence-electron chi connectivity index (χ2n) is 4.78. The summed E-state index contributed by atoms with van der Waals surface area (Å²) in [6.07, 6.45) is 0.493. The van der Waals surface area contributed by atoms with Gasteiger partial charge in [-0.1, -0.05) is 12.1 Å². The number of carbonyl (C=O) groups is 3. The predicted octanol–water partition coefficient (Wildman–Crippen LogP) is 0.978. The van der Waals surface area contributed by atoms with E-state index < -0.39 is 23.8 Å². The standard InChI is InChI=1S/C15H16O6/c1-19-13(16)10-5-3-9(4-6-10)7-11-8-21-15(18)12(11)14(17)20-2/h3-6,11-12H,7-8H2,1-2H3/t11-,12-/m0/s1. The van der Waals surface area contributed by atoms with Gasteiger partial charge in [0.1, 0.15) is 0 Å². The normalized spacial score (nSPS) is 20.8. The highest BCUT2D eigenvalue weighted by Crippen LogP contribution is 2.27. The summed E-state index contributed by atoms with van der Waals surface area (Å²) in [5, 5.41) is 0. The van der Waals surface area contributed by atoms with Crippen LogP contribution in [-0.4, -0.2) is 38.7 Å². The first-order valence-electron chi connectivity index (χ1n) is 6.48. The number of hydrogen-bond donors (Lipinski definition) is 0. The molecule has 0 amide bonds. The van der Waals surface area contributed by atoms with Gasteiger partial charge in [-0.3, -0.25) is 9.59 Å². The van der Waals surface area contributed by atoms with E-state index in [1.807, 2.05) is 0 Å². The number of esters is 3. The lowest BCUT2D eigenvalue weighted by Crippen LogP contribution is -2.28. The molecule has 21 heavy (non-hydrogen) atoms. The summed E-state index contributed by atoms with van der Waals surface area (Å²) >= 11 is 0. The summed E-state index contributed by atoms with van der Waals surface area (Å²) in [4.78, 5) is 34.5. The Balaban J connectivity index is 2.08. The summed E-state index contributed by atoms with van der Waals surface area (Å²) < 4.78 is 14.2. The van der Waals surface area contributed by atoms with Crippen LogP contribution in [0.3, 0.4) is 0 Å². The Kier molecular flexibility index (Phi) is 4.57. The Hall–Kier alpha value is -2.37. The van der Waals surface area contributed by atoms with Crippen molar-refractivity contribution in [1.82, 2.24) is 0 Å². The number of cyclic esters (lactones) is 1. The Labute approximate surface area is 122 Å². The average molecular weight is 292 g/mol. The van der Waals surface area contributed by atoms with Gasteiger partial charge in [0, 0.05) is 5.92 Å². The van der Waals surface area contributed by atoms with Gasteiger partial charge in [0.15, 0.2) is 5.92 Å². The molecule has 1 saturated heterocycles. The highest BCUT2D eigenvalue weighted by molar-refractivity contribution is 5.96. The van der Waals surface area contributed by atoms with Gasteiger partial charge in [0.05, 0.1) is 26.4 Å². The lowest BCUT2D eigenvalue weighted by atomic mass is 9.89. The fourth-order valence-electron chi connectivity index (χ4n) is 2.36. The first-order valence-corrected chi connectivity index (χ1v) is 6.48. The van der Waals surface area contributed by atoms with Crippen LogP contribution in [0, 0.1) is 11.8 Å². The van der Waals surface area contributed by atoms with Crippen molar-refractivity contribution >= 4 is 17.9 Å². The van der Waals surface area contributed by atoms with Crippen LogP contribution in [0.15, 0.2) is 24.3 Å². The smallest absolute Gasteiger partial charge is 0.337 e. The zero-order valence-electron chi connectivity index (χ0n) is 11.8. The summed E-state index contributed by atoms with van der Waals surface area (Å²) in [5.74, 6) is -2.66. The summed E-state index contributed by atoms with van der Waals surface area (Å²) in [6.45, 7) is 0.192. The molecule has 2 rings (SSSR count). The molecule has 1 aliphatic heterocycles. The Morgan fingerprint density at radius 3 is 2.43 bits per heavy atom. The molecule has 0 aliphatic carbocycles. The van der Waals surface area contributed by atoms with Gasteiger partial charge in [0.2, 0.25) is 0 Å². The van der Waals surface area contributed by atoms with E-state index >= 15 is 0 Å². The van der Waals surface area contributed by atoms with E-state index in [2.05, 4.69) is 9.47 Å². The minimum absolute atomic E-state index is 0.192. The maximum absolute atomic E-state index is 11.6. The molecule has 0 spiro atoms. The Morgan fingerprint density at radius 1 is 1.19 bits per heavy atom. The third-order valence-corrected chi connectivity index (χ3v) is 3.49. The van der Waals surface area contributed by atoms with Crippen molar-refractivity contribution in [3.8, 4) is 0 Å². The molecule has 0 bridgehead atoms. The summed E-state index contributed by atoms with van der Waals surface area (Å²) in [6, 6.07) is 6.82. The molecular weight excluding hydrogens is 276 g/mol. The SMILES string of the molecule is COC(=O)c1ccc(C[C@H]2COC(=O)[C@@H]2C(=O)OC)cc1. The molecule has 1 aromatic carbocycles. The quantitative estimate of drug-likeness (QED) is 0.467. The molecule has 2 atom stereocenters. The number of rotatable bonds is 4. The van der Waals surface area contributed by atoms with Gasteiger partial charge in [-0.05, 0) is 24.1 Å². The van der Waals surface area contributed by atoms with Crippen molar-refractivity contribution in [2.24, 2.45) is 11.8 Å². The zero-order valence-corrected chi connectivity index (χ0v) is 11.8. The Morgan fingerprint density at radius 2 is 1.86 bits per heavy atom. The van der Waals surface area contributed by atoms with Gasteiger partial charge < -0.3 is 14.2 Å². The maximum atomic E-state index is 11.6. The molecule has 1 aromatic rings. The van der Waals surface area contributed by atoms with Crippen LogP contribution in [-0.2, 0) is 30.2 Å². The molecule has 0 saturated carbocycles. The van der Waals surface area contributed by atoms with Crippen molar-refractivity contribution in [1.29, 1.82) is 0 Å². The van der Waals surface area contributed by atoms with Crippen molar-refractivity contribution in [3.05, 3.63) is 35.4 Å². The molecule has 0 radical (unpaired) electrons. The van der Waals surface area contributed by atoms with Crippen LogP contribution in [0.4, 0.5) is 0 Å². The van der Waals surface area contributed by atoms with Gasteiger partial charge in [-0.25, -0.2) is 4.79 Å². The molecule has 1 aliphatic rings. The molecule has 0 unspecified atom stereocenters. The highest BCUT2D eigenvalue weighted by Gasteiger charge is 2.43. The van der Waals surface area contributed by atoms with Gasteiger partial charge in [-0.15, -0.1) is 0 Å².